The molecule has 3 nitrogen and oxygen atoms in total. The van der Waals surface area contributed by atoms with E-state index in [0.717, 1.165) is 18.1 Å². The van der Waals surface area contributed by atoms with Gasteiger partial charge in [-0.2, -0.15) is 0 Å². The maximum Gasteiger partial charge on any atom is 0.150 e. The summed E-state index contributed by atoms with van der Waals surface area (Å²) in [6.07, 6.45) is 1.81. The Morgan fingerprint density at radius 2 is 1.83 bits per heavy atom. The van der Waals surface area contributed by atoms with Crippen LogP contribution in [0.2, 0.25) is 0 Å². The molecule has 2 heterocycles. The number of likely N-dealkylation sites (N-methyl/N-ethyl adjacent to an activating group) is 1. The normalized spacial score (nSPS) is 18.8. The number of hydrogen-bond acceptors (Lipinski definition) is 3. The summed E-state index contributed by atoms with van der Waals surface area (Å²) in [6, 6.07) is 16.5. The van der Waals surface area contributed by atoms with Gasteiger partial charge in [0.15, 0.2) is 0 Å². The molecule has 3 rings (SSSR count). The zero-order valence-electron chi connectivity index (χ0n) is 10.3. The molecule has 1 aromatic carbocycles. The summed E-state index contributed by atoms with van der Waals surface area (Å²) >= 11 is 0. The van der Waals surface area contributed by atoms with E-state index in [2.05, 4.69) is 41.2 Å². The quantitative estimate of drug-likeness (QED) is 0.803. The Hall–Kier alpha value is -2.16. The highest BCUT2D eigenvalue weighted by molar-refractivity contribution is 5.98. The average Bonchev–Trinajstić information content (AvgIpc) is 2.83. The van der Waals surface area contributed by atoms with Gasteiger partial charge < -0.3 is 4.90 Å². The molecule has 0 saturated carbocycles. The van der Waals surface area contributed by atoms with Gasteiger partial charge in [0.25, 0.3) is 0 Å². The van der Waals surface area contributed by atoms with Crippen LogP contribution in [-0.4, -0.2) is 29.3 Å². The fourth-order valence-corrected chi connectivity index (χ4v) is 2.24. The van der Waals surface area contributed by atoms with Gasteiger partial charge in [0.05, 0.1) is 6.04 Å². The van der Waals surface area contributed by atoms with Crippen LogP contribution in [0.1, 0.15) is 17.3 Å². The predicted octanol–water partition coefficient (Wildman–Crippen LogP) is 2.51. The second-order valence-electron chi connectivity index (χ2n) is 4.47. The van der Waals surface area contributed by atoms with Gasteiger partial charge in [0, 0.05) is 19.8 Å². The number of benzene rings is 1. The molecule has 0 fully saturated rings. The standard InChI is InChI=1S/C15H15N3/c1-18-11-14(12-7-3-2-4-8-12)17-15(18)13-9-5-6-10-16-13/h2-10,14H,11H2,1H3/t14-/m0/s1. The maximum atomic E-state index is 4.79. The molecule has 0 unspecified atom stereocenters. The van der Waals surface area contributed by atoms with Crippen LogP contribution < -0.4 is 0 Å². The second kappa shape index (κ2) is 4.61. The Morgan fingerprint density at radius 1 is 1.06 bits per heavy atom. The van der Waals surface area contributed by atoms with E-state index in [1.165, 1.54) is 5.56 Å². The van der Waals surface area contributed by atoms with Crippen molar-refractivity contribution in [2.45, 2.75) is 6.04 Å². The molecule has 0 radical (unpaired) electrons. The fraction of sp³-hybridized carbons (Fsp3) is 0.200. The van der Waals surface area contributed by atoms with Crippen molar-refractivity contribution in [3.63, 3.8) is 0 Å². The van der Waals surface area contributed by atoms with Gasteiger partial charge in [0.1, 0.15) is 11.5 Å². The number of nitrogens with zero attached hydrogens (tertiary/aromatic N) is 3. The summed E-state index contributed by atoms with van der Waals surface area (Å²) in [6.45, 7) is 0.913. The van der Waals surface area contributed by atoms with Crippen LogP contribution >= 0.6 is 0 Å². The van der Waals surface area contributed by atoms with Crippen molar-refractivity contribution < 1.29 is 0 Å². The first kappa shape index (κ1) is 11.0. The van der Waals surface area contributed by atoms with E-state index >= 15 is 0 Å². The Bertz CT molecular complexity index is 548. The molecule has 2 aromatic rings. The zero-order valence-corrected chi connectivity index (χ0v) is 10.3. The smallest absolute Gasteiger partial charge is 0.150 e. The van der Waals surface area contributed by atoms with Gasteiger partial charge in [-0.1, -0.05) is 36.4 Å². The Kier molecular flexibility index (Phi) is 2.81. The molecule has 1 aliphatic rings. The van der Waals surface area contributed by atoms with E-state index in [1.54, 1.807) is 0 Å². The lowest BCUT2D eigenvalue weighted by Gasteiger charge is -2.13. The van der Waals surface area contributed by atoms with E-state index in [9.17, 15) is 0 Å². The van der Waals surface area contributed by atoms with Crippen LogP contribution in [0.5, 0.6) is 0 Å². The van der Waals surface area contributed by atoms with Crippen molar-refractivity contribution >= 4 is 5.84 Å². The summed E-state index contributed by atoms with van der Waals surface area (Å²) in [7, 11) is 2.07. The first-order valence-electron chi connectivity index (χ1n) is 6.10. The minimum Gasteiger partial charge on any atom is -0.356 e. The summed E-state index contributed by atoms with van der Waals surface area (Å²) in [4.78, 5) is 11.3. The van der Waals surface area contributed by atoms with E-state index in [0.29, 0.717) is 0 Å². The van der Waals surface area contributed by atoms with E-state index in [1.807, 2.05) is 30.5 Å². The molecule has 1 aliphatic heterocycles. The first-order valence-corrected chi connectivity index (χ1v) is 6.10. The summed E-state index contributed by atoms with van der Waals surface area (Å²) in [5.41, 5.74) is 2.20. The van der Waals surface area contributed by atoms with Crippen molar-refractivity contribution in [1.29, 1.82) is 0 Å². The minimum atomic E-state index is 0.216. The highest BCUT2D eigenvalue weighted by atomic mass is 15.2. The zero-order chi connectivity index (χ0) is 12.4. The lowest BCUT2D eigenvalue weighted by Crippen LogP contribution is -2.24. The summed E-state index contributed by atoms with van der Waals surface area (Å²) < 4.78 is 0. The van der Waals surface area contributed by atoms with Crippen molar-refractivity contribution in [1.82, 2.24) is 9.88 Å². The van der Waals surface area contributed by atoms with Gasteiger partial charge in [-0.05, 0) is 17.7 Å². The highest BCUT2D eigenvalue weighted by Gasteiger charge is 2.24. The largest absolute Gasteiger partial charge is 0.356 e. The number of aromatic nitrogens is 1. The molecular weight excluding hydrogens is 222 g/mol. The third-order valence-electron chi connectivity index (χ3n) is 3.16. The maximum absolute atomic E-state index is 4.79. The monoisotopic (exact) mass is 237 g/mol. The van der Waals surface area contributed by atoms with Crippen LogP contribution in [0.15, 0.2) is 59.7 Å². The van der Waals surface area contributed by atoms with Gasteiger partial charge >= 0.3 is 0 Å². The number of aliphatic imine (C=N–C) groups is 1. The number of amidine groups is 1. The van der Waals surface area contributed by atoms with Crippen molar-refractivity contribution in [3.05, 3.63) is 66.0 Å². The van der Waals surface area contributed by atoms with Crippen LogP contribution in [0.25, 0.3) is 0 Å². The lowest BCUT2D eigenvalue weighted by molar-refractivity contribution is 0.507. The topological polar surface area (TPSA) is 28.5 Å². The second-order valence-corrected chi connectivity index (χ2v) is 4.47. The molecule has 90 valence electrons. The Morgan fingerprint density at radius 3 is 2.56 bits per heavy atom. The minimum absolute atomic E-state index is 0.216. The Labute approximate surface area is 107 Å². The predicted molar refractivity (Wildman–Crippen MR) is 72.6 cm³/mol. The van der Waals surface area contributed by atoms with E-state index < -0.39 is 0 Å². The Balaban J connectivity index is 1.93. The molecule has 18 heavy (non-hydrogen) atoms. The van der Waals surface area contributed by atoms with E-state index in [-0.39, 0.29) is 6.04 Å². The lowest BCUT2D eigenvalue weighted by atomic mass is 10.1. The van der Waals surface area contributed by atoms with Crippen LogP contribution in [0, 0.1) is 0 Å². The molecular formula is C15H15N3. The van der Waals surface area contributed by atoms with Crippen LogP contribution in [0.3, 0.4) is 0 Å². The van der Waals surface area contributed by atoms with E-state index in [4.69, 9.17) is 4.99 Å². The van der Waals surface area contributed by atoms with Gasteiger partial charge in [-0.15, -0.1) is 0 Å². The number of pyridine rings is 1. The molecule has 0 spiro atoms. The first-order chi connectivity index (χ1) is 8.84. The summed E-state index contributed by atoms with van der Waals surface area (Å²) in [5, 5.41) is 0. The third-order valence-corrected chi connectivity index (χ3v) is 3.16. The third kappa shape index (κ3) is 1.99. The van der Waals surface area contributed by atoms with Gasteiger partial charge in [-0.3, -0.25) is 9.98 Å². The highest BCUT2D eigenvalue weighted by Crippen LogP contribution is 2.25. The SMILES string of the molecule is CN1C[C@@H](c2ccccc2)N=C1c1ccccn1. The van der Waals surface area contributed by atoms with Crippen molar-refractivity contribution in [3.8, 4) is 0 Å². The molecule has 1 aromatic heterocycles. The van der Waals surface area contributed by atoms with Crippen LogP contribution in [0.4, 0.5) is 0 Å². The fourth-order valence-electron chi connectivity index (χ4n) is 2.24. The number of rotatable bonds is 2. The summed E-state index contributed by atoms with van der Waals surface area (Å²) in [5.74, 6) is 0.976. The average molecular weight is 237 g/mol. The van der Waals surface area contributed by atoms with Gasteiger partial charge in [0.2, 0.25) is 0 Å². The van der Waals surface area contributed by atoms with Crippen molar-refractivity contribution in [2.24, 2.45) is 4.99 Å². The molecule has 0 bridgehead atoms. The molecule has 0 amide bonds. The molecule has 0 saturated heterocycles. The molecule has 0 aliphatic carbocycles. The van der Waals surface area contributed by atoms with Crippen LogP contribution in [-0.2, 0) is 0 Å². The van der Waals surface area contributed by atoms with Crippen molar-refractivity contribution in [2.75, 3.05) is 13.6 Å². The number of hydrogen-bond donors (Lipinski definition) is 0. The molecule has 3 heteroatoms. The van der Waals surface area contributed by atoms with Gasteiger partial charge in [-0.25, -0.2) is 0 Å². The molecule has 1 atom stereocenters. The molecule has 0 N–H and O–H groups in total.